The summed E-state index contributed by atoms with van der Waals surface area (Å²) >= 11 is 0. The molecule has 5 nitrogen and oxygen atoms in total. The quantitative estimate of drug-likeness (QED) is 0.871. The number of hydrogen-bond acceptors (Lipinski definition) is 5. The highest BCUT2D eigenvalue weighted by molar-refractivity contribution is 5.31. The zero-order valence-electron chi connectivity index (χ0n) is 13.4. The van der Waals surface area contributed by atoms with E-state index in [0.29, 0.717) is 5.41 Å². The Balaban J connectivity index is 1.35. The molecule has 23 heavy (non-hydrogen) atoms. The van der Waals surface area contributed by atoms with Gasteiger partial charge in [-0.3, -0.25) is 9.88 Å². The molecular weight excluding hydrogens is 286 g/mol. The molecule has 1 spiro atoms. The molecule has 2 aromatic heterocycles. The number of piperidine rings is 1. The zero-order chi connectivity index (χ0) is 15.5. The SMILES string of the molecule is c1cnc(N2CCC3(CCN(Cc4cccnc4)CC3)C2)nc1. The van der Waals surface area contributed by atoms with Crippen molar-refractivity contribution in [2.24, 2.45) is 5.41 Å². The van der Waals surface area contributed by atoms with Gasteiger partial charge in [-0.1, -0.05) is 6.07 Å². The van der Waals surface area contributed by atoms with Crippen molar-refractivity contribution in [3.63, 3.8) is 0 Å². The molecule has 2 saturated heterocycles. The van der Waals surface area contributed by atoms with Crippen molar-refractivity contribution in [3.05, 3.63) is 48.5 Å². The summed E-state index contributed by atoms with van der Waals surface area (Å²) in [6.45, 7) is 5.58. The fourth-order valence-electron chi connectivity index (χ4n) is 3.90. The fraction of sp³-hybridized carbons (Fsp3) is 0.500. The van der Waals surface area contributed by atoms with Crippen LogP contribution in [0.4, 0.5) is 5.95 Å². The highest BCUT2D eigenvalue weighted by atomic mass is 15.3. The van der Waals surface area contributed by atoms with Crippen molar-refractivity contribution in [2.45, 2.75) is 25.8 Å². The van der Waals surface area contributed by atoms with Crippen molar-refractivity contribution in [2.75, 3.05) is 31.1 Å². The Morgan fingerprint density at radius 1 is 0.957 bits per heavy atom. The van der Waals surface area contributed by atoms with E-state index in [1.54, 1.807) is 0 Å². The predicted octanol–water partition coefficient (Wildman–Crippen LogP) is 2.36. The van der Waals surface area contributed by atoms with Gasteiger partial charge in [0.2, 0.25) is 5.95 Å². The standard InChI is InChI=1S/C18H23N5/c1-3-16(13-19-7-1)14-22-10-4-18(5-11-22)6-12-23(15-18)17-20-8-2-9-21-17/h1-3,7-9,13H,4-6,10-12,14-15H2. The van der Waals surface area contributed by atoms with Crippen molar-refractivity contribution >= 4 is 5.95 Å². The van der Waals surface area contributed by atoms with Crippen LogP contribution in [0, 0.1) is 5.41 Å². The summed E-state index contributed by atoms with van der Waals surface area (Å²) in [5.41, 5.74) is 1.78. The highest BCUT2D eigenvalue weighted by Gasteiger charge is 2.41. The second-order valence-electron chi connectivity index (χ2n) is 6.86. The summed E-state index contributed by atoms with van der Waals surface area (Å²) in [5, 5.41) is 0. The Labute approximate surface area is 137 Å². The number of pyridine rings is 1. The molecule has 2 aliphatic heterocycles. The first kappa shape index (κ1) is 14.6. The first-order valence-electron chi connectivity index (χ1n) is 8.46. The largest absolute Gasteiger partial charge is 0.340 e. The molecule has 120 valence electrons. The minimum Gasteiger partial charge on any atom is -0.340 e. The molecule has 2 fully saturated rings. The van der Waals surface area contributed by atoms with Crippen molar-refractivity contribution in [1.82, 2.24) is 19.9 Å². The van der Waals surface area contributed by atoms with E-state index in [1.807, 2.05) is 36.9 Å². The summed E-state index contributed by atoms with van der Waals surface area (Å²) < 4.78 is 0. The second kappa shape index (κ2) is 6.24. The molecular formula is C18H23N5. The van der Waals surface area contributed by atoms with Gasteiger partial charge in [0.1, 0.15) is 0 Å². The Kier molecular flexibility index (Phi) is 3.95. The van der Waals surface area contributed by atoms with Crippen LogP contribution in [0.1, 0.15) is 24.8 Å². The van der Waals surface area contributed by atoms with Crippen LogP contribution >= 0.6 is 0 Å². The van der Waals surface area contributed by atoms with Gasteiger partial charge >= 0.3 is 0 Å². The van der Waals surface area contributed by atoms with Crippen LogP contribution in [-0.2, 0) is 6.54 Å². The summed E-state index contributed by atoms with van der Waals surface area (Å²) in [5.74, 6) is 0.891. The first-order chi connectivity index (χ1) is 11.3. The minimum absolute atomic E-state index is 0.463. The average Bonchev–Trinajstić information content (AvgIpc) is 3.03. The molecule has 2 aliphatic rings. The Hall–Kier alpha value is -2.01. The van der Waals surface area contributed by atoms with Crippen LogP contribution < -0.4 is 4.90 Å². The summed E-state index contributed by atoms with van der Waals surface area (Å²) in [7, 11) is 0. The third-order valence-electron chi connectivity index (χ3n) is 5.32. The highest BCUT2D eigenvalue weighted by Crippen LogP contribution is 2.41. The lowest BCUT2D eigenvalue weighted by Gasteiger charge is -2.39. The van der Waals surface area contributed by atoms with E-state index >= 15 is 0 Å². The molecule has 0 radical (unpaired) electrons. The zero-order valence-corrected chi connectivity index (χ0v) is 13.4. The number of hydrogen-bond donors (Lipinski definition) is 0. The number of rotatable bonds is 3. The molecule has 0 aromatic carbocycles. The lowest BCUT2D eigenvalue weighted by atomic mass is 9.78. The lowest BCUT2D eigenvalue weighted by molar-refractivity contribution is 0.115. The topological polar surface area (TPSA) is 45.2 Å². The maximum Gasteiger partial charge on any atom is 0.225 e. The number of nitrogens with zero attached hydrogens (tertiary/aromatic N) is 5. The number of aromatic nitrogens is 3. The van der Waals surface area contributed by atoms with Gasteiger partial charge in [0.05, 0.1) is 0 Å². The predicted molar refractivity (Wildman–Crippen MR) is 90.0 cm³/mol. The van der Waals surface area contributed by atoms with Crippen molar-refractivity contribution in [1.29, 1.82) is 0 Å². The molecule has 0 aliphatic carbocycles. The molecule has 4 rings (SSSR count). The van der Waals surface area contributed by atoms with Crippen molar-refractivity contribution < 1.29 is 0 Å². The van der Waals surface area contributed by atoms with Gasteiger partial charge in [-0.2, -0.15) is 0 Å². The van der Waals surface area contributed by atoms with E-state index in [1.165, 1.54) is 37.9 Å². The first-order valence-corrected chi connectivity index (χ1v) is 8.46. The van der Waals surface area contributed by atoms with Crippen LogP contribution in [-0.4, -0.2) is 46.0 Å². The van der Waals surface area contributed by atoms with E-state index in [0.717, 1.165) is 25.6 Å². The number of anilines is 1. The number of likely N-dealkylation sites (tertiary alicyclic amines) is 1. The average molecular weight is 309 g/mol. The normalized spacial score (nSPS) is 21.0. The Bertz CT molecular complexity index is 622. The van der Waals surface area contributed by atoms with E-state index in [2.05, 4.69) is 30.8 Å². The molecule has 4 heterocycles. The maximum atomic E-state index is 4.41. The molecule has 2 aromatic rings. The maximum absolute atomic E-state index is 4.41. The Morgan fingerprint density at radius 3 is 2.48 bits per heavy atom. The van der Waals surface area contributed by atoms with Crippen molar-refractivity contribution in [3.8, 4) is 0 Å². The summed E-state index contributed by atoms with van der Waals surface area (Å²) in [4.78, 5) is 17.9. The smallest absolute Gasteiger partial charge is 0.225 e. The van der Waals surface area contributed by atoms with Crippen LogP contribution in [0.2, 0.25) is 0 Å². The van der Waals surface area contributed by atoms with E-state index in [9.17, 15) is 0 Å². The molecule has 0 atom stereocenters. The minimum atomic E-state index is 0.463. The fourth-order valence-corrected chi connectivity index (χ4v) is 3.90. The molecule has 0 bridgehead atoms. The molecule has 0 amide bonds. The molecule has 0 unspecified atom stereocenters. The second-order valence-corrected chi connectivity index (χ2v) is 6.86. The van der Waals surface area contributed by atoms with Gasteiger partial charge in [0, 0.05) is 44.4 Å². The van der Waals surface area contributed by atoms with Gasteiger partial charge in [0.25, 0.3) is 0 Å². The molecule has 0 saturated carbocycles. The van der Waals surface area contributed by atoms with E-state index in [-0.39, 0.29) is 0 Å². The third kappa shape index (κ3) is 3.20. The van der Waals surface area contributed by atoms with E-state index < -0.39 is 0 Å². The van der Waals surface area contributed by atoms with Crippen LogP contribution in [0.25, 0.3) is 0 Å². The molecule has 5 heteroatoms. The van der Waals surface area contributed by atoms with Gasteiger partial charge in [-0.25, -0.2) is 9.97 Å². The van der Waals surface area contributed by atoms with Crippen LogP contribution in [0.15, 0.2) is 43.0 Å². The van der Waals surface area contributed by atoms with Gasteiger partial charge in [-0.05, 0) is 55.5 Å². The monoisotopic (exact) mass is 309 g/mol. The Morgan fingerprint density at radius 2 is 1.74 bits per heavy atom. The van der Waals surface area contributed by atoms with Gasteiger partial charge < -0.3 is 4.90 Å². The van der Waals surface area contributed by atoms with Gasteiger partial charge in [0.15, 0.2) is 0 Å². The van der Waals surface area contributed by atoms with Crippen LogP contribution in [0.5, 0.6) is 0 Å². The lowest BCUT2D eigenvalue weighted by Crippen LogP contribution is -2.41. The third-order valence-corrected chi connectivity index (χ3v) is 5.32. The van der Waals surface area contributed by atoms with E-state index in [4.69, 9.17) is 0 Å². The van der Waals surface area contributed by atoms with Gasteiger partial charge in [-0.15, -0.1) is 0 Å². The van der Waals surface area contributed by atoms with Crippen LogP contribution in [0.3, 0.4) is 0 Å². The summed E-state index contributed by atoms with van der Waals surface area (Å²) in [6.07, 6.45) is 11.3. The summed E-state index contributed by atoms with van der Waals surface area (Å²) in [6, 6.07) is 6.07. The molecule has 0 N–H and O–H groups in total.